The number of ether oxygens (including phenoxy) is 2. The fraction of sp³-hybridized carbons (Fsp3) is 0.600. The van der Waals surface area contributed by atoms with E-state index in [1.807, 2.05) is 24.7 Å². The van der Waals surface area contributed by atoms with E-state index in [-0.39, 0.29) is 12.1 Å². The van der Waals surface area contributed by atoms with Gasteiger partial charge in [-0.15, -0.1) is 0 Å². The first-order valence-electron chi connectivity index (χ1n) is 5.18. The topological polar surface area (TPSA) is 48.3 Å². The maximum atomic E-state index is 5.41. The predicted molar refractivity (Wildman–Crippen MR) is 63.6 cm³/mol. The standard InChI is InChI=1S/C10H15N3O2S/c1-6(5-14-3)13-4-8-9(12-13)7(2)11-10(16)15-8/h4,6-7H,5H2,1-3H3,(H,11,16). The van der Waals surface area contributed by atoms with E-state index in [0.29, 0.717) is 11.8 Å². The summed E-state index contributed by atoms with van der Waals surface area (Å²) < 4.78 is 12.3. The van der Waals surface area contributed by atoms with Crippen molar-refractivity contribution >= 4 is 17.4 Å². The molecule has 2 atom stereocenters. The first-order chi connectivity index (χ1) is 7.61. The Labute approximate surface area is 99.7 Å². The van der Waals surface area contributed by atoms with Crippen LogP contribution in [0.4, 0.5) is 0 Å². The summed E-state index contributed by atoms with van der Waals surface area (Å²) in [5.74, 6) is 0.735. The number of hydrogen-bond acceptors (Lipinski definition) is 4. The Bertz CT molecular complexity index is 405. The number of fused-ring (bicyclic) bond motifs is 1. The number of hydrogen-bond donors (Lipinski definition) is 1. The molecule has 0 fully saturated rings. The number of nitrogens with zero attached hydrogens (tertiary/aromatic N) is 2. The highest BCUT2D eigenvalue weighted by atomic mass is 32.1. The Morgan fingerprint density at radius 1 is 1.75 bits per heavy atom. The molecule has 0 aromatic carbocycles. The normalized spacial score (nSPS) is 20.9. The van der Waals surface area contributed by atoms with Crippen LogP contribution in [0, 0.1) is 0 Å². The summed E-state index contributed by atoms with van der Waals surface area (Å²) in [4.78, 5) is 0. The fourth-order valence-corrected chi connectivity index (χ4v) is 1.95. The molecular formula is C10H15N3O2S. The average Bonchev–Trinajstić information content (AvgIpc) is 2.62. The van der Waals surface area contributed by atoms with Crippen LogP contribution in [0.15, 0.2) is 6.20 Å². The molecule has 6 heteroatoms. The molecule has 1 aliphatic rings. The fourth-order valence-electron chi connectivity index (χ4n) is 1.69. The Kier molecular flexibility index (Phi) is 3.11. The van der Waals surface area contributed by atoms with Crippen LogP contribution in [-0.4, -0.2) is 28.7 Å². The maximum Gasteiger partial charge on any atom is 0.262 e. The SMILES string of the molecule is COCC(C)n1cc2c(n1)C(C)NC(=S)O2. The largest absolute Gasteiger partial charge is 0.428 e. The molecule has 1 aromatic heterocycles. The molecule has 5 nitrogen and oxygen atoms in total. The minimum Gasteiger partial charge on any atom is -0.428 e. The molecule has 0 aliphatic carbocycles. The molecule has 16 heavy (non-hydrogen) atoms. The highest BCUT2D eigenvalue weighted by molar-refractivity contribution is 7.80. The van der Waals surface area contributed by atoms with E-state index in [1.165, 1.54) is 0 Å². The second-order valence-corrected chi connectivity index (χ2v) is 4.29. The lowest BCUT2D eigenvalue weighted by molar-refractivity contribution is 0.156. The molecule has 1 aliphatic heterocycles. The van der Waals surface area contributed by atoms with Crippen molar-refractivity contribution in [1.29, 1.82) is 0 Å². The van der Waals surface area contributed by atoms with Gasteiger partial charge in [-0.3, -0.25) is 4.68 Å². The minimum atomic E-state index is 0.0900. The molecule has 2 rings (SSSR count). The Hall–Kier alpha value is -1.14. The van der Waals surface area contributed by atoms with Gasteiger partial charge in [0, 0.05) is 7.11 Å². The average molecular weight is 241 g/mol. The molecule has 1 aromatic rings. The summed E-state index contributed by atoms with van der Waals surface area (Å²) in [7, 11) is 1.68. The summed E-state index contributed by atoms with van der Waals surface area (Å²) >= 11 is 4.99. The smallest absolute Gasteiger partial charge is 0.262 e. The highest BCUT2D eigenvalue weighted by Crippen LogP contribution is 2.28. The second-order valence-electron chi connectivity index (χ2n) is 3.92. The number of methoxy groups -OCH3 is 1. The van der Waals surface area contributed by atoms with Crippen molar-refractivity contribution in [2.75, 3.05) is 13.7 Å². The van der Waals surface area contributed by atoms with Crippen LogP contribution in [0.25, 0.3) is 0 Å². The van der Waals surface area contributed by atoms with Gasteiger partial charge < -0.3 is 14.8 Å². The van der Waals surface area contributed by atoms with Crippen molar-refractivity contribution < 1.29 is 9.47 Å². The molecule has 0 saturated heterocycles. The molecule has 88 valence electrons. The van der Waals surface area contributed by atoms with E-state index >= 15 is 0 Å². The van der Waals surface area contributed by atoms with Gasteiger partial charge in [0.2, 0.25) is 0 Å². The van der Waals surface area contributed by atoms with E-state index in [0.717, 1.165) is 11.4 Å². The quantitative estimate of drug-likeness (QED) is 0.811. The molecule has 0 saturated carbocycles. The van der Waals surface area contributed by atoms with Crippen LogP contribution in [0.5, 0.6) is 5.75 Å². The summed E-state index contributed by atoms with van der Waals surface area (Å²) in [6, 6.07) is 0.271. The summed E-state index contributed by atoms with van der Waals surface area (Å²) in [6.45, 7) is 4.66. The Morgan fingerprint density at radius 2 is 2.50 bits per heavy atom. The third-order valence-electron chi connectivity index (χ3n) is 2.53. The lowest BCUT2D eigenvalue weighted by Crippen LogP contribution is -2.33. The number of rotatable bonds is 3. The van der Waals surface area contributed by atoms with Gasteiger partial charge in [-0.25, -0.2) is 0 Å². The molecule has 2 heterocycles. The van der Waals surface area contributed by atoms with Crippen molar-refractivity contribution in [3.63, 3.8) is 0 Å². The maximum absolute atomic E-state index is 5.41. The zero-order valence-electron chi connectivity index (χ0n) is 9.56. The van der Waals surface area contributed by atoms with Crippen LogP contribution in [-0.2, 0) is 4.74 Å². The second kappa shape index (κ2) is 4.39. The molecule has 0 spiro atoms. The van der Waals surface area contributed by atoms with E-state index in [9.17, 15) is 0 Å². The number of aromatic nitrogens is 2. The minimum absolute atomic E-state index is 0.0900. The van der Waals surface area contributed by atoms with Gasteiger partial charge in [-0.05, 0) is 26.1 Å². The first-order valence-corrected chi connectivity index (χ1v) is 5.59. The third kappa shape index (κ3) is 2.03. The molecule has 0 radical (unpaired) electrons. The summed E-state index contributed by atoms with van der Waals surface area (Å²) in [5.41, 5.74) is 0.886. The first kappa shape index (κ1) is 11.3. The highest BCUT2D eigenvalue weighted by Gasteiger charge is 2.25. The molecule has 1 N–H and O–H groups in total. The van der Waals surface area contributed by atoms with Gasteiger partial charge in [-0.1, -0.05) is 0 Å². The van der Waals surface area contributed by atoms with Gasteiger partial charge in [0.15, 0.2) is 5.75 Å². The van der Waals surface area contributed by atoms with E-state index in [1.54, 1.807) is 7.11 Å². The lowest BCUT2D eigenvalue weighted by atomic mass is 10.2. The van der Waals surface area contributed by atoms with Crippen LogP contribution < -0.4 is 10.1 Å². The Morgan fingerprint density at radius 3 is 3.19 bits per heavy atom. The molecule has 2 unspecified atom stereocenters. The van der Waals surface area contributed by atoms with Crippen LogP contribution in [0.3, 0.4) is 0 Å². The number of nitrogens with one attached hydrogen (secondary N) is 1. The Balaban J connectivity index is 2.26. The van der Waals surface area contributed by atoms with Crippen molar-refractivity contribution in [3.8, 4) is 5.75 Å². The van der Waals surface area contributed by atoms with Crippen molar-refractivity contribution in [3.05, 3.63) is 11.9 Å². The molecular weight excluding hydrogens is 226 g/mol. The van der Waals surface area contributed by atoms with Gasteiger partial charge in [0.25, 0.3) is 5.17 Å². The van der Waals surface area contributed by atoms with Crippen molar-refractivity contribution in [2.24, 2.45) is 0 Å². The van der Waals surface area contributed by atoms with Gasteiger partial charge in [0.1, 0.15) is 5.69 Å². The molecule has 0 bridgehead atoms. The summed E-state index contributed by atoms with van der Waals surface area (Å²) in [6.07, 6.45) is 1.86. The number of thiocarbonyl (C=S) groups is 1. The van der Waals surface area contributed by atoms with Crippen molar-refractivity contribution in [2.45, 2.75) is 25.9 Å². The van der Waals surface area contributed by atoms with Crippen molar-refractivity contribution in [1.82, 2.24) is 15.1 Å². The predicted octanol–water partition coefficient (Wildman–Crippen LogP) is 1.42. The monoisotopic (exact) mass is 241 g/mol. The third-order valence-corrected chi connectivity index (χ3v) is 2.73. The van der Waals surface area contributed by atoms with Gasteiger partial charge in [0.05, 0.1) is 24.9 Å². The zero-order chi connectivity index (χ0) is 11.7. The molecule has 0 amide bonds. The van der Waals surface area contributed by atoms with Crippen LogP contribution >= 0.6 is 12.2 Å². The van der Waals surface area contributed by atoms with Gasteiger partial charge in [-0.2, -0.15) is 5.10 Å². The van der Waals surface area contributed by atoms with Crippen LogP contribution in [0.1, 0.15) is 31.6 Å². The van der Waals surface area contributed by atoms with Crippen LogP contribution in [0.2, 0.25) is 0 Å². The lowest BCUT2D eigenvalue weighted by Gasteiger charge is -2.20. The van der Waals surface area contributed by atoms with E-state index in [4.69, 9.17) is 21.7 Å². The zero-order valence-corrected chi connectivity index (χ0v) is 10.4. The van der Waals surface area contributed by atoms with E-state index in [2.05, 4.69) is 10.4 Å². The summed E-state index contributed by atoms with van der Waals surface area (Å²) in [5, 5.41) is 7.90. The van der Waals surface area contributed by atoms with E-state index < -0.39 is 0 Å². The van der Waals surface area contributed by atoms with Gasteiger partial charge >= 0.3 is 0 Å².